The van der Waals surface area contributed by atoms with E-state index in [1.54, 1.807) is 0 Å². The van der Waals surface area contributed by atoms with E-state index in [4.69, 9.17) is 9.47 Å². The van der Waals surface area contributed by atoms with Crippen LogP contribution in [0.4, 0.5) is 0 Å². The summed E-state index contributed by atoms with van der Waals surface area (Å²) in [7, 11) is 0. The summed E-state index contributed by atoms with van der Waals surface area (Å²) in [6, 6.07) is 116. The summed E-state index contributed by atoms with van der Waals surface area (Å²) >= 11 is 0. The molecule has 0 radical (unpaired) electrons. The van der Waals surface area contributed by atoms with Gasteiger partial charge in [-0.15, -0.1) is 34.2 Å². The summed E-state index contributed by atoms with van der Waals surface area (Å²) in [4.78, 5) is 0. The third-order valence-corrected chi connectivity index (χ3v) is 16.7. The van der Waals surface area contributed by atoms with E-state index in [-0.39, 0.29) is 75.7 Å². The second-order valence-electron chi connectivity index (χ2n) is 21.5. The molecular weight excluding hydrogens is 1480 g/mol. The van der Waals surface area contributed by atoms with Gasteiger partial charge in [0, 0.05) is 39.1 Å². The standard InChI is InChI=1S/C78H47B2NO2.2U/c1-6-20-52(21-7-1)60-46-65(56-38-34-54(35-39-56)58-42-44-71-75(50-58)82-73-32-18-16-30-69(73)79(71)62-24-10-3-11-25-62)77-67(48-60)68-49-61(53-22-8-2-9-23-53)47-66(78(68)81(77)64-28-14-5-15-29-64)57-40-36-55(37-41-57)59-43-45-72-76(51-59)83-74-33-19-17-31-70(74)80(72)63-26-12-4-13-27-63;;/h1-24,26,28-43,46-51H;;/q-4;2*+2. The van der Waals surface area contributed by atoms with Crippen LogP contribution in [0.2, 0.25) is 0 Å². The summed E-state index contributed by atoms with van der Waals surface area (Å²) in [6.45, 7) is -0.0669. The van der Waals surface area contributed by atoms with Crippen LogP contribution in [0.5, 0.6) is 23.0 Å². The van der Waals surface area contributed by atoms with Gasteiger partial charge >= 0.3 is 62.2 Å². The van der Waals surface area contributed by atoms with Gasteiger partial charge in [0.05, 0.1) is 11.0 Å². The van der Waals surface area contributed by atoms with Crippen LogP contribution in [0.3, 0.4) is 0 Å². The molecule has 0 amide bonds. The molecule has 390 valence electrons. The van der Waals surface area contributed by atoms with E-state index in [0.717, 1.165) is 139 Å². The van der Waals surface area contributed by atoms with E-state index in [0.29, 0.717) is 0 Å². The van der Waals surface area contributed by atoms with Crippen molar-refractivity contribution in [1.82, 2.24) is 4.57 Å². The molecule has 2 aliphatic rings. The third kappa shape index (κ3) is 9.85. The average molecular weight is 1530 g/mol. The van der Waals surface area contributed by atoms with Gasteiger partial charge in [-0.05, 0) is 92.8 Å². The molecule has 1 aromatic heterocycles. The number of ether oxygens (including phenoxy) is 2. The van der Waals surface area contributed by atoms with Crippen LogP contribution >= 0.6 is 0 Å². The minimum absolute atomic E-state index is 0. The molecule has 0 saturated heterocycles. The first-order chi connectivity index (χ1) is 41.1. The van der Waals surface area contributed by atoms with Crippen molar-refractivity contribution in [1.29, 1.82) is 0 Å². The molecule has 0 unspecified atom stereocenters. The van der Waals surface area contributed by atoms with Gasteiger partial charge in [0.15, 0.2) is 13.4 Å². The number of hydrogen-bond donors (Lipinski definition) is 0. The molecule has 0 N–H and O–H groups in total. The van der Waals surface area contributed by atoms with Gasteiger partial charge in [-0.25, -0.2) is 0 Å². The molecular formula is C78H47B2NO2U2. The Morgan fingerprint density at radius 3 is 1.09 bits per heavy atom. The first kappa shape index (κ1) is 54.4. The fraction of sp³-hybridized carbons (Fsp3) is 0. The Bertz CT molecular complexity index is 4490. The van der Waals surface area contributed by atoms with E-state index in [1.165, 1.54) is 10.8 Å². The van der Waals surface area contributed by atoms with Crippen LogP contribution < -0.4 is 42.3 Å². The summed E-state index contributed by atoms with van der Waals surface area (Å²) in [6.07, 6.45) is 0. The summed E-state index contributed by atoms with van der Waals surface area (Å²) < 4.78 is 15.8. The van der Waals surface area contributed by atoms with Crippen LogP contribution in [-0.4, -0.2) is 18.0 Å². The average Bonchev–Trinajstić information content (AvgIpc) is 1.70. The van der Waals surface area contributed by atoms with Gasteiger partial charge in [0.2, 0.25) is 0 Å². The molecule has 0 atom stereocenters. The van der Waals surface area contributed by atoms with E-state index in [1.807, 2.05) is 36.4 Å². The number of nitrogens with zero attached hydrogens (tertiary/aromatic N) is 1. The fourth-order valence-electron chi connectivity index (χ4n) is 12.7. The molecule has 85 heavy (non-hydrogen) atoms. The molecule has 3 nitrogen and oxygen atoms in total. The molecule has 2 aliphatic heterocycles. The second-order valence-corrected chi connectivity index (χ2v) is 21.5. The Kier molecular flexibility index (Phi) is 14.8. The van der Waals surface area contributed by atoms with Crippen molar-refractivity contribution in [3.63, 3.8) is 0 Å². The number of rotatable bonds is 9. The third-order valence-electron chi connectivity index (χ3n) is 16.7. The van der Waals surface area contributed by atoms with Crippen molar-refractivity contribution >= 4 is 68.0 Å². The Hall–Kier alpha value is -8.51. The summed E-state index contributed by atoms with van der Waals surface area (Å²) in [5, 5.41) is 2.34. The molecule has 7 heteroatoms. The zero-order chi connectivity index (χ0) is 54.8. The number of hydrogen-bond acceptors (Lipinski definition) is 2. The first-order valence-electron chi connectivity index (χ1n) is 28.3. The Morgan fingerprint density at radius 2 is 0.671 bits per heavy atom. The maximum Gasteiger partial charge on any atom is 2.00 e. The SMILES string of the molecule is [U+2].[U+2].[c-]1ccccc1B1c2[c-]cc(-c3ccc(-c4cc(-c5ccccc5)cc5c6cc(-c7ccccc7)cc(-c7ccc(-c8c[c-]c9c(c8)Oc8ccccc8B9c8[c-]cccc8)cc7)c6n(-c6ccccc6)c45)cc3)cc2Oc2ccccc21. The normalized spacial score (nSPS) is 12.0. The predicted molar refractivity (Wildman–Crippen MR) is 344 cm³/mol. The molecule has 13 aromatic carbocycles. The van der Waals surface area contributed by atoms with Crippen LogP contribution in [0.25, 0.3) is 94.3 Å². The molecule has 14 aromatic rings. The van der Waals surface area contributed by atoms with Crippen LogP contribution in [-0.2, 0) is 0 Å². The topological polar surface area (TPSA) is 23.4 Å². The van der Waals surface area contributed by atoms with Crippen molar-refractivity contribution < 1.29 is 71.7 Å². The summed E-state index contributed by atoms with van der Waals surface area (Å²) in [5.41, 5.74) is 23.1. The molecule has 0 saturated carbocycles. The van der Waals surface area contributed by atoms with Crippen molar-refractivity contribution in [2.75, 3.05) is 0 Å². The maximum absolute atomic E-state index is 6.67. The largest absolute Gasteiger partial charge is 2.00 e. The summed E-state index contributed by atoms with van der Waals surface area (Å²) in [5.74, 6) is 3.34. The number of fused-ring (bicyclic) bond motifs is 7. The second kappa shape index (κ2) is 23.2. The van der Waals surface area contributed by atoms with Gasteiger partial charge < -0.3 is 14.0 Å². The number of para-hydroxylation sites is 3. The Balaban J connectivity index is 0.00000320. The minimum atomic E-state index is -0.0335. The van der Waals surface area contributed by atoms with Gasteiger partial charge in [-0.3, -0.25) is 0 Å². The first-order valence-corrected chi connectivity index (χ1v) is 28.3. The zero-order valence-corrected chi connectivity index (χ0v) is 54.4. The van der Waals surface area contributed by atoms with Crippen molar-refractivity contribution in [2.45, 2.75) is 0 Å². The van der Waals surface area contributed by atoms with Crippen molar-refractivity contribution in [2.24, 2.45) is 0 Å². The Labute approximate surface area is 543 Å². The van der Waals surface area contributed by atoms with Crippen LogP contribution in [0.1, 0.15) is 0 Å². The number of benzene rings is 13. The Morgan fingerprint density at radius 1 is 0.294 bits per heavy atom. The van der Waals surface area contributed by atoms with Gasteiger partial charge in [-0.1, -0.05) is 175 Å². The molecule has 0 spiro atoms. The van der Waals surface area contributed by atoms with E-state index >= 15 is 0 Å². The molecule has 0 aliphatic carbocycles. The monoisotopic (exact) mass is 1530 g/mol. The van der Waals surface area contributed by atoms with Gasteiger partial charge in [-0.2, -0.15) is 95.9 Å². The van der Waals surface area contributed by atoms with Crippen molar-refractivity contribution in [3.05, 3.63) is 309 Å². The van der Waals surface area contributed by atoms with Gasteiger partial charge in [0.1, 0.15) is 11.5 Å². The zero-order valence-electron chi connectivity index (χ0n) is 46.1. The molecule has 16 rings (SSSR count). The minimum Gasteiger partial charge on any atom is -0.518 e. The fourth-order valence-corrected chi connectivity index (χ4v) is 12.7. The van der Waals surface area contributed by atoms with Crippen LogP contribution in [0.15, 0.2) is 285 Å². The van der Waals surface area contributed by atoms with Crippen molar-refractivity contribution in [3.8, 4) is 95.4 Å². The van der Waals surface area contributed by atoms with E-state index < -0.39 is 0 Å². The molecule has 3 heterocycles. The van der Waals surface area contributed by atoms with Gasteiger partial charge in [0.25, 0.3) is 0 Å². The van der Waals surface area contributed by atoms with E-state index in [2.05, 4.69) is 278 Å². The quantitative estimate of drug-likeness (QED) is 0.106. The van der Waals surface area contributed by atoms with Crippen LogP contribution in [0, 0.1) is 86.5 Å². The molecule has 0 bridgehead atoms. The predicted octanol–water partition coefficient (Wildman–Crippen LogP) is 15.2. The smallest absolute Gasteiger partial charge is 0.518 e. The maximum atomic E-state index is 6.67. The number of aromatic nitrogens is 1. The molecule has 0 fully saturated rings. The van der Waals surface area contributed by atoms with E-state index in [9.17, 15) is 0 Å².